The van der Waals surface area contributed by atoms with E-state index in [0.29, 0.717) is 13.2 Å². The topological polar surface area (TPSA) is 38.7 Å². The minimum absolute atomic E-state index is 0.0853. The second kappa shape index (κ2) is 6.80. The van der Waals surface area contributed by atoms with Gasteiger partial charge in [0.15, 0.2) is 0 Å². The van der Waals surface area contributed by atoms with Crippen LogP contribution >= 0.6 is 0 Å². The lowest BCUT2D eigenvalue weighted by Gasteiger charge is -2.44. The van der Waals surface area contributed by atoms with Crippen LogP contribution in [-0.4, -0.2) is 38.8 Å². The molecule has 0 bridgehead atoms. The van der Waals surface area contributed by atoms with Crippen LogP contribution in [0.4, 0.5) is 0 Å². The lowest BCUT2D eigenvalue weighted by Crippen LogP contribution is -2.68. The van der Waals surface area contributed by atoms with E-state index < -0.39 is 14.4 Å². The Balaban J connectivity index is 2.17. The maximum Gasteiger partial charge on any atom is 0.261 e. The van der Waals surface area contributed by atoms with E-state index in [9.17, 15) is 5.11 Å². The molecule has 1 saturated heterocycles. The molecule has 1 fully saturated rings. The van der Waals surface area contributed by atoms with Crippen LogP contribution in [0.25, 0.3) is 0 Å². The lowest BCUT2D eigenvalue weighted by atomic mass is 10.2. The minimum Gasteiger partial charge on any atom is -0.399 e. The van der Waals surface area contributed by atoms with Gasteiger partial charge in [0.2, 0.25) is 0 Å². The average molecular weight is 343 g/mol. The maximum atomic E-state index is 10.3. The predicted octanol–water partition coefficient (Wildman–Crippen LogP) is 2.32. The Kier molecular flexibility index (Phi) is 4.92. The zero-order valence-electron chi connectivity index (χ0n) is 14.6. The fourth-order valence-corrected chi connectivity index (χ4v) is 8.25. The molecule has 4 heteroatoms. The Bertz CT molecular complexity index is 612. The monoisotopic (exact) mass is 342 g/mol. The SMILES string of the molecule is CC(C)(C)[Si](OC1COCC1O)(c1ccccc1)c1ccccc1. The van der Waals surface area contributed by atoms with Crippen LogP contribution in [0.1, 0.15) is 20.8 Å². The number of aliphatic hydroxyl groups is 1. The molecule has 0 aliphatic carbocycles. The van der Waals surface area contributed by atoms with Crippen LogP contribution in [0.15, 0.2) is 60.7 Å². The summed E-state index contributed by atoms with van der Waals surface area (Å²) in [6, 6.07) is 21.0. The minimum atomic E-state index is -2.60. The molecular weight excluding hydrogens is 316 g/mol. The Morgan fingerprint density at radius 1 is 0.917 bits per heavy atom. The molecule has 3 rings (SSSR count). The molecule has 2 atom stereocenters. The Hall–Kier alpha value is -1.46. The summed E-state index contributed by atoms with van der Waals surface area (Å²) in [5, 5.41) is 12.6. The van der Waals surface area contributed by atoms with Crippen LogP contribution < -0.4 is 10.4 Å². The van der Waals surface area contributed by atoms with Gasteiger partial charge in [-0.25, -0.2) is 0 Å². The molecule has 0 saturated carbocycles. The summed E-state index contributed by atoms with van der Waals surface area (Å²) >= 11 is 0. The van der Waals surface area contributed by atoms with Crippen LogP contribution in [0.5, 0.6) is 0 Å². The summed E-state index contributed by atoms with van der Waals surface area (Å²) in [7, 11) is -2.60. The van der Waals surface area contributed by atoms with Crippen molar-refractivity contribution in [3.05, 3.63) is 60.7 Å². The number of ether oxygens (including phenoxy) is 1. The number of aliphatic hydroxyl groups excluding tert-OH is 1. The molecular formula is C20H26O3Si. The highest BCUT2D eigenvalue weighted by molar-refractivity contribution is 6.99. The first-order chi connectivity index (χ1) is 11.4. The van der Waals surface area contributed by atoms with Gasteiger partial charge in [0.05, 0.1) is 19.3 Å². The van der Waals surface area contributed by atoms with E-state index in [4.69, 9.17) is 9.16 Å². The summed E-state index contributed by atoms with van der Waals surface area (Å²) in [5.41, 5.74) is 0. The van der Waals surface area contributed by atoms with Gasteiger partial charge in [0, 0.05) is 0 Å². The van der Waals surface area contributed by atoms with Gasteiger partial charge < -0.3 is 14.3 Å². The zero-order valence-corrected chi connectivity index (χ0v) is 15.6. The summed E-state index contributed by atoms with van der Waals surface area (Å²) in [4.78, 5) is 0. The largest absolute Gasteiger partial charge is 0.399 e. The van der Waals surface area contributed by atoms with Crippen LogP contribution in [-0.2, 0) is 9.16 Å². The predicted molar refractivity (Wildman–Crippen MR) is 99.3 cm³/mol. The standard InChI is InChI=1S/C20H26O3Si/c1-20(2,3)24(16-10-6-4-7-11-16,17-12-8-5-9-13-17)23-19-15-22-14-18(19)21/h4-13,18-19,21H,14-15H2,1-3H3. The number of rotatable bonds is 4. The quantitative estimate of drug-likeness (QED) is 0.867. The van der Waals surface area contributed by atoms with Crippen molar-refractivity contribution < 1.29 is 14.3 Å². The molecule has 2 aromatic carbocycles. The molecule has 2 unspecified atom stereocenters. The highest BCUT2D eigenvalue weighted by atomic mass is 28.4. The van der Waals surface area contributed by atoms with Crippen LogP contribution in [0.2, 0.25) is 5.04 Å². The molecule has 0 amide bonds. The molecule has 0 aromatic heterocycles. The molecule has 1 N–H and O–H groups in total. The van der Waals surface area contributed by atoms with Gasteiger partial charge in [-0.3, -0.25) is 0 Å². The summed E-state index contributed by atoms with van der Waals surface area (Å²) in [5.74, 6) is 0. The number of hydrogen-bond donors (Lipinski definition) is 1. The smallest absolute Gasteiger partial charge is 0.261 e. The normalized spacial score (nSPS) is 21.8. The molecule has 1 aliphatic rings. The second-order valence-corrected chi connectivity index (χ2v) is 11.7. The summed E-state index contributed by atoms with van der Waals surface area (Å²) in [6.07, 6.45) is -0.844. The van der Waals surface area contributed by atoms with Gasteiger partial charge in [-0.15, -0.1) is 0 Å². The van der Waals surface area contributed by atoms with E-state index in [1.165, 1.54) is 10.4 Å². The molecule has 1 aliphatic heterocycles. The van der Waals surface area contributed by atoms with E-state index >= 15 is 0 Å². The van der Waals surface area contributed by atoms with E-state index in [0.717, 1.165) is 0 Å². The van der Waals surface area contributed by atoms with Crippen molar-refractivity contribution in [2.45, 2.75) is 38.0 Å². The van der Waals surface area contributed by atoms with E-state index in [1.54, 1.807) is 0 Å². The van der Waals surface area contributed by atoms with Crippen molar-refractivity contribution in [3.8, 4) is 0 Å². The first-order valence-electron chi connectivity index (χ1n) is 8.50. The molecule has 24 heavy (non-hydrogen) atoms. The van der Waals surface area contributed by atoms with Gasteiger partial charge in [0.1, 0.15) is 6.10 Å². The third kappa shape index (κ3) is 3.07. The van der Waals surface area contributed by atoms with Crippen molar-refractivity contribution in [1.82, 2.24) is 0 Å². The van der Waals surface area contributed by atoms with Gasteiger partial charge in [-0.1, -0.05) is 81.4 Å². The van der Waals surface area contributed by atoms with Gasteiger partial charge >= 0.3 is 0 Å². The molecule has 128 valence electrons. The van der Waals surface area contributed by atoms with Crippen molar-refractivity contribution in [3.63, 3.8) is 0 Å². The van der Waals surface area contributed by atoms with E-state index in [1.807, 2.05) is 12.1 Å². The summed E-state index contributed by atoms with van der Waals surface area (Å²) < 4.78 is 12.3. The Labute approximate surface area is 145 Å². The van der Waals surface area contributed by atoms with Crippen molar-refractivity contribution in [2.75, 3.05) is 13.2 Å². The van der Waals surface area contributed by atoms with Crippen LogP contribution in [0.3, 0.4) is 0 Å². The Morgan fingerprint density at radius 2 is 1.42 bits per heavy atom. The van der Waals surface area contributed by atoms with Gasteiger partial charge in [0.25, 0.3) is 8.32 Å². The van der Waals surface area contributed by atoms with Gasteiger partial charge in [-0.2, -0.15) is 0 Å². The van der Waals surface area contributed by atoms with Crippen molar-refractivity contribution >= 4 is 18.7 Å². The first kappa shape index (κ1) is 17.4. The second-order valence-electron chi connectivity index (χ2n) is 7.42. The fraction of sp³-hybridized carbons (Fsp3) is 0.400. The molecule has 0 spiro atoms. The van der Waals surface area contributed by atoms with E-state index in [-0.39, 0.29) is 11.1 Å². The Morgan fingerprint density at radius 3 is 1.79 bits per heavy atom. The number of hydrogen-bond acceptors (Lipinski definition) is 3. The van der Waals surface area contributed by atoms with Crippen molar-refractivity contribution in [1.29, 1.82) is 0 Å². The summed E-state index contributed by atoms with van der Waals surface area (Å²) in [6.45, 7) is 7.51. The maximum absolute atomic E-state index is 10.3. The highest BCUT2D eigenvalue weighted by Gasteiger charge is 2.52. The number of benzene rings is 2. The van der Waals surface area contributed by atoms with Crippen molar-refractivity contribution in [2.24, 2.45) is 0 Å². The van der Waals surface area contributed by atoms with E-state index in [2.05, 4.69) is 69.3 Å². The van der Waals surface area contributed by atoms with Crippen LogP contribution in [0, 0.1) is 0 Å². The third-order valence-corrected chi connectivity index (χ3v) is 9.81. The fourth-order valence-electron chi connectivity index (χ4n) is 3.55. The molecule has 3 nitrogen and oxygen atoms in total. The average Bonchev–Trinajstić information content (AvgIpc) is 2.98. The molecule has 1 heterocycles. The molecule has 2 aromatic rings. The third-order valence-electron chi connectivity index (χ3n) is 4.74. The lowest BCUT2D eigenvalue weighted by molar-refractivity contribution is 0.0670. The zero-order chi connectivity index (χ0) is 17.2. The first-order valence-corrected chi connectivity index (χ1v) is 10.4. The highest BCUT2D eigenvalue weighted by Crippen LogP contribution is 2.38. The van der Waals surface area contributed by atoms with Gasteiger partial charge in [-0.05, 0) is 15.4 Å². The molecule has 0 radical (unpaired) electrons.